The number of aromatic nitrogens is 4. The number of piperazine rings is 1. The van der Waals surface area contributed by atoms with E-state index in [1.54, 1.807) is 18.0 Å². The van der Waals surface area contributed by atoms with Crippen molar-refractivity contribution >= 4 is 11.7 Å². The van der Waals surface area contributed by atoms with Gasteiger partial charge in [-0.15, -0.1) is 23.4 Å². The molecule has 0 unspecified atom stereocenters. The van der Waals surface area contributed by atoms with E-state index >= 15 is 0 Å². The Morgan fingerprint density at radius 1 is 1.07 bits per heavy atom. The lowest BCUT2D eigenvalue weighted by Crippen LogP contribution is -2.58. The molecule has 0 N–H and O–H groups in total. The number of aryl methyl sites for hydroxylation is 2. The van der Waals surface area contributed by atoms with E-state index in [0.29, 0.717) is 48.2 Å². The fourth-order valence-electron chi connectivity index (χ4n) is 5.58. The highest BCUT2D eigenvalue weighted by atomic mass is 19.4. The number of piperidine rings is 1. The first-order valence-corrected chi connectivity index (χ1v) is 13.4. The van der Waals surface area contributed by atoms with Crippen molar-refractivity contribution in [2.24, 2.45) is 0 Å². The molecule has 2 saturated heterocycles. The highest BCUT2D eigenvalue weighted by Gasteiger charge is 2.35. The van der Waals surface area contributed by atoms with E-state index in [4.69, 9.17) is 4.42 Å². The summed E-state index contributed by atoms with van der Waals surface area (Å²) in [5.74, 6) is 1.16. The summed E-state index contributed by atoms with van der Waals surface area (Å²) in [4.78, 5) is 28.9. The molecule has 1 aromatic carbocycles. The highest BCUT2D eigenvalue weighted by molar-refractivity contribution is 5.94. The van der Waals surface area contributed by atoms with Gasteiger partial charge < -0.3 is 19.0 Å². The molecule has 10 nitrogen and oxygen atoms in total. The van der Waals surface area contributed by atoms with Crippen LogP contribution in [0.1, 0.15) is 48.1 Å². The van der Waals surface area contributed by atoms with Gasteiger partial charge in [-0.05, 0) is 50.5 Å². The fourth-order valence-corrected chi connectivity index (χ4v) is 5.58. The van der Waals surface area contributed by atoms with Crippen LogP contribution in [0.15, 0.2) is 34.9 Å². The molecule has 2 fully saturated rings. The molecule has 0 saturated carbocycles. The Bertz CT molecular complexity index is 1320. The molecule has 0 bridgehead atoms. The predicted octanol–water partition coefficient (Wildman–Crippen LogP) is 4.25. The molecule has 0 aliphatic carbocycles. The molecule has 1 amide bonds. The van der Waals surface area contributed by atoms with E-state index < -0.39 is 6.36 Å². The van der Waals surface area contributed by atoms with Crippen LogP contribution >= 0.6 is 0 Å². The third-order valence-electron chi connectivity index (χ3n) is 7.52. The van der Waals surface area contributed by atoms with Gasteiger partial charge in [0.25, 0.3) is 11.8 Å². The molecular weight excluding hydrogens is 527 g/mol. The summed E-state index contributed by atoms with van der Waals surface area (Å²) in [7, 11) is 0. The second-order valence-electron chi connectivity index (χ2n) is 10.1. The molecule has 0 radical (unpaired) electrons. The summed E-state index contributed by atoms with van der Waals surface area (Å²) in [5, 5.41) is 7.89. The monoisotopic (exact) mass is 559 g/mol. The molecule has 2 aliphatic rings. The van der Waals surface area contributed by atoms with Gasteiger partial charge >= 0.3 is 6.36 Å². The average molecular weight is 560 g/mol. The maximum Gasteiger partial charge on any atom is 0.573 e. The van der Waals surface area contributed by atoms with E-state index in [9.17, 15) is 18.0 Å². The van der Waals surface area contributed by atoms with Crippen molar-refractivity contribution in [3.05, 3.63) is 47.6 Å². The zero-order valence-corrected chi connectivity index (χ0v) is 22.7. The summed E-state index contributed by atoms with van der Waals surface area (Å²) < 4.78 is 46.6. The molecule has 4 heterocycles. The molecule has 2 aromatic heterocycles. The van der Waals surface area contributed by atoms with Gasteiger partial charge in [-0.3, -0.25) is 9.69 Å². The van der Waals surface area contributed by atoms with Crippen LogP contribution in [-0.4, -0.2) is 87.0 Å². The number of hydrogen-bond acceptors (Lipinski definition) is 9. The zero-order valence-electron chi connectivity index (χ0n) is 22.7. The lowest BCUT2D eigenvalue weighted by molar-refractivity contribution is -0.274. The van der Waals surface area contributed by atoms with Gasteiger partial charge in [0.1, 0.15) is 17.3 Å². The maximum atomic E-state index is 13.0. The average Bonchev–Trinajstić information content (AvgIpc) is 3.38. The van der Waals surface area contributed by atoms with Gasteiger partial charge in [0.05, 0.1) is 11.9 Å². The van der Waals surface area contributed by atoms with Crippen LogP contribution in [0, 0.1) is 13.8 Å². The Balaban J connectivity index is 1.17. The molecule has 40 heavy (non-hydrogen) atoms. The number of rotatable bonds is 6. The first-order valence-electron chi connectivity index (χ1n) is 13.4. The van der Waals surface area contributed by atoms with Gasteiger partial charge in [0.15, 0.2) is 0 Å². The fraction of sp³-hybridized carbons (Fsp3) is 0.519. The summed E-state index contributed by atoms with van der Waals surface area (Å²) in [6.07, 6.45) is -0.426. The normalized spacial score (nSPS) is 19.2. The molecule has 2 aliphatic heterocycles. The first-order chi connectivity index (χ1) is 19.1. The lowest BCUT2D eigenvalue weighted by Gasteiger charge is -2.47. The van der Waals surface area contributed by atoms with E-state index in [1.807, 2.05) is 6.92 Å². The van der Waals surface area contributed by atoms with Crippen molar-refractivity contribution < 1.29 is 27.1 Å². The van der Waals surface area contributed by atoms with Crippen molar-refractivity contribution in [3.63, 3.8) is 0 Å². The van der Waals surface area contributed by atoms with Crippen molar-refractivity contribution in [2.45, 2.75) is 58.5 Å². The number of alkyl halides is 3. The topological polar surface area (TPSA) is 101 Å². The van der Waals surface area contributed by atoms with Gasteiger partial charge in [-0.25, -0.2) is 9.97 Å². The Morgan fingerprint density at radius 3 is 2.40 bits per heavy atom. The summed E-state index contributed by atoms with van der Waals surface area (Å²) in [6, 6.07) is 5.79. The number of ether oxygens (including phenoxy) is 1. The highest BCUT2D eigenvalue weighted by Crippen LogP contribution is 2.28. The number of carbonyl (C=O) groups excluding carboxylic acids is 1. The number of nitrogens with zero attached hydrogens (tertiary/aromatic N) is 7. The zero-order chi connectivity index (χ0) is 28.4. The van der Waals surface area contributed by atoms with Gasteiger partial charge in [0.2, 0.25) is 5.89 Å². The number of amides is 1. The predicted molar refractivity (Wildman–Crippen MR) is 140 cm³/mol. The minimum Gasteiger partial charge on any atom is -0.420 e. The van der Waals surface area contributed by atoms with E-state index in [1.165, 1.54) is 24.3 Å². The van der Waals surface area contributed by atoms with Crippen molar-refractivity contribution in [2.75, 3.05) is 37.6 Å². The Labute approximate surface area is 230 Å². The second kappa shape index (κ2) is 11.4. The van der Waals surface area contributed by atoms with Crippen molar-refractivity contribution in [1.82, 2.24) is 30.0 Å². The largest absolute Gasteiger partial charge is 0.573 e. The molecule has 0 spiro atoms. The molecule has 3 aromatic rings. The van der Waals surface area contributed by atoms with Crippen molar-refractivity contribution in [3.8, 4) is 17.3 Å². The van der Waals surface area contributed by atoms with Crippen LogP contribution < -0.4 is 9.64 Å². The molecule has 13 heteroatoms. The van der Waals surface area contributed by atoms with E-state index in [-0.39, 0.29) is 11.7 Å². The van der Waals surface area contributed by atoms with E-state index in [2.05, 4.69) is 41.6 Å². The minimum absolute atomic E-state index is 0.179. The Kier molecular flexibility index (Phi) is 7.92. The quantitative estimate of drug-likeness (QED) is 0.439. The Morgan fingerprint density at radius 2 is 1.80 bits per heavy atom. The first kappa shape index (κ1) is 27.8. The van der Waals surface area contributed by atoms with Crippen LogP contribution in [0.4, 0.5) is 19.0 Å². The van der Waals surface area contributed by atoms with E-state index in [0.717, 1.165) is 50.4 Å². The summed E-state index contributed by atoms with van der Waals surface area (Å²) in [6.45, 7) is 9.58. The van der Waals surface area contributed by atoms with Crippen LogP contribution in [0.3, 0.4) is 0 Å². The van der Waals surface area contributed by atoms with Crippen molar-refractivity contribution in [1.29, 1.82) is 0 Å². The number of hydrogen-bond donors (Lipinski definition) is 0. The number of benzene rings is 1. The van der Waals surface area contributed by atoms with Gasteiger partial charge in [-0.2, -0.15) is 0 Å². The Hall–Kier alpha value is -3.74. The third-order valence-corrected chi connectivity index (χ3v) is 7.52. The van der Waals surface area contributed by atoms with Crippen LogP contribution in [0.25, 0.3) is 11.6 Å². The number of anilines is 1. The number of likely N-dealkylation sites (tertiary alicyclic amines) is 1. The van der Waals surface area contributed by atoms with Crippen LogP contribution in [0.2, 0.25) is 0 Å². The molecule has 214 valence electrons. The number of halogens is 3. The second-order valence-corrected chi connectivity index (χ2v) is 10.1. The standard InChI is InChI=1S/C27H32F3N7O3/c1-4-20-16-36(24-17(2)32-23(15-31-24)25-34-33-18(3)39-25)13-14-37(20)21-9-11-35(12-10-21)26(38)19-5-7-22(8-6-19)40-27(28,29)30/h5-8,15,20-21H,4,9-14,16H2,1-3H3/t20-/m0/s1. The van der Waals surface area contributed by atoms with Gasteiger partial charge in [-0.1, -0.05) is 6.92 Å². The molecule has 1 atom stereocenters. The summed E-state index contributed by atoms with van der Waals surface area (Å²) in [5.41, 5.74) is 1.71. The maximum absolute atomic E-state index is 13.0. The molecular formula is C27H32F3N7O3. The van der Waals surface area contributed by atoms with Crippen LogP contribution in [0.5, 0.6) is 5.75 Å². The smallest absolute Gasteiger partial charge is 0.420 e. The minimum atomic E-state index is -4.76. The third kappa shape index (κ3) is 6.19. The molecule has 5 rings (SSSR count). The lowest BCUT2D eigenvalue weighted by atomic mass is 9.97. The summed E-state index contributed by atoms with van der Waals surface area (Å²) >= 11 is 0. The van der Waals surface area contributed by atoms with Gasteiger partial charge in [0, 0.05) is 57.3 Å². The SMILES string of the molecule is CC[C@H]1CN(c2ncc(-c3nnc(C)o3)nc2C)CCN1C1CCN(C(=O)c2ccc(OC(F)(F)F)cc2)CC1. The number of carbonyl (C=O) groups is 1. The van der Waals surface area contributed by atoms with Crippen LogP contribution in [-0.2, 0) is 0 Å².